The van der Waals surface area contributed by atoms with E-state index in [-0.39, 0.29) is 24.9 Å². The van der Waals surface area contributed by atoms with E-state index in [0.29, 0.717) is 0 Å². The van der Waals surface area contributed by atoms with Crippen LogP contribution < -0.4 is 5.32 Å². The normalized spacial score (nSPS) is 11.7. The van der Waals surface area contributed by atoms with Crippen LogP contribution in [-0.4, -0.2) is 25.7 Å². The number of nitrogens with one attached hydrogen (secondary N) is 1. The van der Waals surface area contributed by atoms with Crippen molar-refractivity contribution in [3.05, 3.63) is 11.9 Å². The Bertz CT molecular complexity index is 268. The second-order valence-electron chi connectivity index (χ2n) is 3.61. The number of carbonyl (C=O) groups excluding carboxylic acids is 1. The number of ether oxygens (including phenoxy) is 1. The Morgan fingerprint density at radius 1 is 1.29 bits per heavy atom. The van der Waals surface area contributed by atoms with Crippen molar-refractivity contribution in [2.45, 2.75) is 26.3 Å². The summed E-state index contributed by atoms with van der Waals surface area (Å²) in [6.07, 6.45) is -2.76. The van der Waals surface area contributed by atoms with Crippen molar-refractivity contribution in [2.75, 3.05) is 13.7 Å². The zero-order valence-electron chi connectivity index (χ0n) is 9.93. The Labute approximate surface area is 105 Å². The van der Waals surface area contributed by atoms with Gasteiger partial charge in [-0.3, -0.25) is 4.79 Å². The topological polar surface area (TPSA) is 38.3 Å². The lowest BCUT2D eigenvalue weighted by atomic mass is 10.0. The van der Waals surface area contributed by atoms with Gasteiger partial charge in [-0.05, 0) is 5.92 Å². The van der Waals surface area contributed by atoms with E-state index in [0.717, 1.165) is 0 Å². The molecule has 0 fully saturated rings. The number of methoxy groups -OCH3 is 1. The highest BCUT2D eigenvalue weighted by molar-refractivity contribution is 5.85. The lowest BCUT2D eigenvalue weighted by molar-refractivity contribution is -0.144. The Hall–Kier alpha value is -0.750. The minimum Gasteiger partial charge on any atom is -0.468 e. The number of rotatable bonds is 6. The van der Waals surface area contributed by atoms with Crippen LogP contribution in [0.15, 0.2) is 11.9 Å². The van der Waals surface area contributed by atoms with Crippen LogP contribution in [0.5, 0.6) is 0 Å². The lowest BCUT2D eigenvalue weighted by Crippen LogP contribution is -2.42. The molecule has 0 radical (unpaired) electrons. The van der Waals surface area contributed by atoms with E-state index in [1.165, 1.54) is 7.11 Å². The fourth-order valence-corrected chi connectivity index (χ4v) is 1.15. The maximum Gasteiger partial charge on any atom is 0.323 e. The number of halogens is 4. The van der Waals surface area contributed by atoms with Gasteiger partial charge in [0, 0.05) is 13.0 Å². The van der Waals surface area contributed by atoms with E-state index in [1.807, 2.05) is 0 Å². The van der Waals surface area contributed by atoms with E-state index >= 15 is 0 Å². The molecular formula is C10H17ClF3NO2. The van der Waals surface area contributed by atoms with Gasteiger partial charge in [0.25, 0.3) is 0 Å². The first kappa shape index (κ1) is 18.6. The molecule has 0 aliphatic rings. The van der Waals surface area contributed by atoms with Crippen LogP contribution in [0.1, 0.15) is 20.3 Å². The molecule has 0 aromatic heterocycles. The minimum absolute atomic E-state index is 0. The summed E-state index contributed by atoms with van der Waals surface area (Å²) in [7, 11) is 1.24. The van der Waals surface area contributed by atoms with E-state index in [1.54, 1.807) is 13.8 Å². The molecule has 0 spiro atoms. The molecule has 0 aliphatic carbocycles. The number of hydrogen-bond acceptors (Lipinski definition) is 3. The number of esters is 1. The number of carbonyl (C=O) groups is 1. The first-order chi connectivity index (χ1) is 7.40. The predicted molar refractivity (Wildman–Crippen MR) is 60.9 cm³/mol. The fourth-order valence-electron chi connectivity index (χ4n) is 1.15. The first-order valence-electron chi connectivity index (χ1n) is 4.91. The summed E-state index contributed by atoms with van der Waals surface area (Å²) in [4.78, 5) is 11.2. The summed E-state index contributed by atoms with van der Waals surface area (Å²) in [5.74, 6) is -2.00. The Morgan fingerprint density at radius 2 is 1.82 bits per heavy atom. The first-order valence-corrected chi connectivity index (χ1v) is 4.91. The molecule has 102 valence electrons. The molecular weight excluding hydrogens is 259 g/mol. The summed E-state index contributed by atoms with van der Waals surface area (Å²) in [5, 5.41) is 2.67. The molecule has 0 rings (SSSR count). The molecule has 3 nitrogen and oxygen atoms in total. The van der Waals surface area contributed by atoms with Gasteiger partial charge in [-0.25, -0.2) is 4.39 Å². The van der Waals surface area contributed by atoms with Crippen LogP contribution in [0.25, 0.3) is 0 Å². The van der Waals surface area contributed by atoms with Crippen LogP contribution in [0, 0.1) is 5.92 Å². The Morgan fingerprint density at radius 3 is 2.18 bits per heavy atom. The molecule has 0 aromatic rings. The maximum absolute atomic E-state index is 12.4. The average Bonchev–Trinajstić information content (AvgIpc) is 2.22. The Balaban J connectivity index is 0. The summed E-state index contributed by atoms with van der Waals surface area (Å²) in [5.41, 5.74) is 0. The molecule has 0 heterocycles. The highest BCUT2D eigenvalue weighted by atomic mass is 35.5. The van der Waals surface area contributed by atoms with E-state index < -0.39 is 30.3 Å². The van der Waals surface area contributed by atoms with E-state index in [9.17, 15) is 18.0 Å². The van der Waals surface area contributed by atoms with Crippen LogP contribution in [0.4, 0.5) is 13.2 Å². The monoisotopic (exact) mass is 275 g/mol. The third kappa shape index (κ3) is 7.23. The van der Waals surface area contributed by atoms with Gasteiger partial charge in [0.15, 0.2) is 5.83 Å². The van der Waals surface area contributed by atoms with Gasteiger partial charge in [0.1, 0.15) is 6.04 Å². The van der Waals surface area contributed by atoms with Crippen molar-refractivity contribution in [1.82, 2.24) is 5.32 Å². The SMILES string of the molecule is COC(=O)C(NCCC(F)=C(F)F)C(C)C.Cl. The second kappa shape index (κ2) is 9.30. The lowest BCUT2D eigenvalue weighted by Gasteiger charge is -2.19. The summed E-state index contributed by atoms with van der Waals surface area (Å²) in [6.45, 7) is 3.51. The van der Waals surface area contributed by atoms with Crippen LogP contribution in [-0.2, 0) is 9.53 Å². The highest BCUT2D eigenvalue weighted by Gasteiger charge is 2.22. The highest BCUT2D eigenvalue weighted by Crippen LogP contribution is 2.12. The molecule has 1 unspecified atom stereocenters. The fraction of sp³-hybridized carbons (Fsp3) is 0.700. The molecule has 0 amide bonds. The summed E-state index contributed by atoms with van der Waals surface area (Å²) in [6, 6.07) is -0.611. The second-order valence-corrected chi connectivity index (χ2v) is 3.61. The van der Waals surface area contributed by atoms with Gasteiger partial charge >= 0.3 is 12.0 Å². The van der Waals surface area contributed by atoms with Gasteiger partial charge in [-0.2, -0.15) is 8.78 Å². The van der Waals surface area contributed by atoms with Crippen molar-refractivity contribution in [3.8, 4) is 0 Å². The Kier molecular flexibility index (Phi) is 10.2. The molecule has 1 atom stereocenters. The van der Waals surface area contributed by atoms with Gasteiger partial charge in [0.2, 0.25) is 0 Å². The molecule has 1 N–H and O–H groups in total. The van der Waals surface area contributed by atoms with Crippen LogP contribution in [0.2, 0.25) is 0 Å². The van der Waals surface area contributed by atoms with Crippen molar-refractivity contribution in [1.29, 1.82) is 0 Å². The third-order valence-corrected chi connectivity index (χ3v) is 2.04. The smallest absolute Gasteiger partial charge is 0.323 e. The van der Waals surface area contributed by atoms with Crippen molar-refractivity contribution in [3.63, 3.8) is 0 Å². The summed E-state index contributed by atoms with van der Waals surface area (Å²) >= 11 is 0. The molecule has 0 aromatic carbocycles. The van der Waals surface area contributed by atoms with Crippen LogP contribution >= 0.6 is 12.4 Å². The average molecular weight is 276 g/mol. The minimum atomic E-state index is -2.32. The summed E-state index contributed by atoms with van der Waals surface area (Å²) < 4.78 is 40.4. The number of hydrogen-bond donors (Lipinski definition) is 1. The van der Waals surface area contributed by atoms with E-state index in [4.69, 9.17) is 0 Å². The predicted octanol–water partition coefficient (Wildman–Crippen LogP) is 2.66. The van der Waals surface area contributed by atoms with Crippen molar-refractivity contribution < 1.29 is 22.7 Å². The molecule has 7 heteroatoms. The molecule has 17 heavy (non-hydrogen) atoms. The van der Waals surface area contributed by atoms with Crippen LogP contribution in [0.3, 0.4) is 0 Å². The zero-order chi connectivity index (χ0) is 12.7. The van der Waals surface area contributed by atoms with Gasteiger partial charge in [-0.1, -0.05) is 13.8 Å². The largest absolute Gasteiger partial charge is 0.468 e. The standard InChI is InChI=1S/C10H16F3NO2.ClH/c1-6(2)8(10(15)16-3)14-5-4-7(11)9(12)13;/h6,8,14H,4-5H2,1-3H3;1H. The molecule has 0 saturated heterocycles. The maximum atomic E-state index is 12.4. The molecule has 0 saturated carbocycles. The molecule has 0 bridgehead atoms. The quantitative estimate of drug-likeness (QED) is 0.758. The van der Waals surface area contributed by atoms with Gasteiger partial charge in [-0.15, -0.1) is 12.4 Å². The van der Waals surface area contributed by atoms with E-state index in [2.05, 4.69) is 10.1 Å². The van der Waals surface area contributed by atoms with Crippen molar-refractivity contribution in [2.24, 2.45) is 5.92 Å². The van der Waals surface area contributed by atoms with Gasteiger partial charge in [0.05, 0.1) is 7.11 Å². The van der Waals surface area contributed by atoms with Crippen molar-refractivity contribution >= 4 is 18.4 Å². The molecule has 0 aliphatic heterocycles. The third-order valence-electron chi connectivity index (χ3n) is 2.04. The van der Waals surface area contributed by atoms with Gasteiger partial charge < -0.3 is 10.1 Å². The zero-order valence-corrected chi connectivity index (χ0v) is 10.7.